The SMILES string of the molecule is [CH2-]c1cc(C(F)(F)F)cc(C(F)(F)F)c1. The van der Waals surface area contributed by atoms with Crippen LogP contribution in [0.3, 0.4) is 0 Å². The molecule has 0 radical (unpaired) electrons. The van der Waals surface area contributed by atoms with Crippen molar-refractivity contribution in [2.24, 2.45) is 0 Å². The Morgan fingerprint density at radius 2 is 1.07 bits per heavy atom. The molecule has 0 amide bonds. The molecule has 0 bridgehead atoms. The molecule has 0 saturated carbocycles. The molecular formula is C9H5F6-. The van der Waals surface area contributed by atoms with E-state index in [2.05, 4.69) is 6.92 Å². The molecule has 15 heavy (non-hydrogen) atoms. The van der Waals surface area contributed by atoms with Crippen LogP contribution in [0.2, 0.25) is 0 Å². The third-order valence-electron chi connectivity index (χ3n) is 1.65. The lowest BCUT2D eigenvalue weighted by atomic mass is 10.1. The van der Waals surface area contributed by atoms with Crippen molar-refractivity contribution in [3.63, 3.8) is 0 Å². The van der Waals surface area contributed by atoms with Crippen LogP contribution >= 0.6 is 0 Å². The van der Waals surface area contributed by atoms with Crippen molar-refractivity contribution in [2.45, 2.75) is 12.4 Å². The van der Waals surface area contributed by atoms with E-state index in [-0.39, 0.29) is 11.6 Å². The van der Waals surface area contributed by atoms with E-state index in [4.69, 9.17) is 0 Å². The Balaban J connectivity index is 3.30. The predicted molar refractivity (Wildman–Crippen MR) is 40.9 cm³/mol. The van der Waals surface area contributed by atoms with Gasteiger partial charge in [-0.05, 0) is 0 Å². The van der Waals surface area contributed by atoms with Crippen molar-refractivity contribution in [1.29, 1.82) is 0 Å². The monoisotopic (exact) mass is 227 g/mol. The van der Waals surface area contributed by atoms with E-state index in [1.54, 1.807) is 0 Å². The van der Waals surface area contributed by atoms with Crippen LogP contribution in [-0.4, -0.2) is 0 Å². The molecule has 0 atom stereocenters. The maximum atomic E-state index is 12.1. The van der Waals surface area contributed by atoms with Crippen LogP contribution in [0.25, 0.3) is 0 Å². The summed E-state index contributed by atoms with van der Waals surface area (Å²) >= 11 is 0. The van der Waals surface area contributed by atoms with E-state index in [1.807, 2.05) is 0 Å². The second kappa shape index (κ2) is 3.36. The van der Waals surface area contributed by atoms with Crippen molar-refractivity contribution in [3.8, 4) is 0 Å². The van der Waals surface area contributed by atoms with Gasteiger partial charge in [0.05, 0.1) is 0 Å². The second-order valence-electron chi connectivity index (χ2n) is 2.91. The summed E-state index contributed by atoms with van der Waals surface area (Å²) in [6, 6.07) is 1.19. The Kier molecular flexibility index (Phi) is 2.63. The quantitative estimate of drug-likeness (QED) is 0.465. The maximum absolute atomic E-state index is 12.1. The predicted octanol–water partition coefficient (Wildman–Crippen LogP) is 3.91. The molecular weight excluding hydrogens is 222 g/mol. The van der Waals surface area contributed by atoms with E-state index in [1.165, 1.54) is 0 Å². The molecule has 0 aliphatic carbocycles. The highest BCUT2D eigenvalue weighted by molar-refractivity contribution is 5.34. The largest absolute Gasteiger partial charge is 0.405 e. The highest BCUT2D eigenvalue weighted by Crippen LogP contribution is 2.35. The van der Waals surface area contributed by atoms with E-state index in [9.17, 15) is 26.3 Å². The van der Waals surface area contributed by atoms with Gasteiger partial charge in [0, 0.05) is 11.1 Å². The molecule has 0 unspecified atom stereocenters. The van der Waals surface area contributed by atoms with Gasteiger partial charge in [-0.15, -0.1) is 0 Å². The minimum absolute atomic E-state index is 0.0642. The van der Waals surface area contributed by atoms with Gasteiger partial charge in [0.25, 0.3) is 0 Å². The minimum Gasteiger partial charge on any atom is -0.199 e. The molecule has 0 heterocycles. The average molecular weight is 227 g/mol. The Bertz CT molecular complexity index is 328. The van der Waals surface area contributed by atoms with Crippen LogP contribution in [0.1, 0.15) is 16.7 Å². The van der Waals surface area contributed by atoms with Gasteiger partial charge in [-0.1, -0.05) is 6.07 Å². The number of alkyl halides is 6. The van der Waals surface area contributed by atoms with Crippen LogP contribution < -0.4 is 0 Å². The molecule has 1 rings (SSSR count). The number of rotatable bonds is 0. The van der Waals surface area contributed by atoms with Gasteiger partial charge in [-0.25, -0.2) is 0 Å². The molecule has 0 saturated heterocycles. The summed E-state index contributed by atoms with van der Waals surface area (Å²) in [5.41, 5.74) is -3.01. The average Bonchev–Trinajstić information content (AvgIpc) is 1.99. The molecule has 0 aromatic heterocycles. The molecule has 0 spiro atoms. The normalized spacial score (nSPS) is 12.9. The van der Waals surface area contributed by atoms with Gasteiger partial charge in [-0.2, -0.15) is 51.0 Å². The van der Waals surface area contributed by atoms with E-state index < -0.39 is 23.5 Å². The zero-order valence-electron chi connectivity index (χ0n) is 7.21. The smallest absolute Gasteiger partial charge is 0.199 e. The van der Waals surface area contributed by atoms with Crippen molar-refractivity contribution < 1.29 is 26.3 Å². The van der Waals surface area contributed by atoms with Gasteiger partial charge < -0.3 is 0 Å². The van der Waals surface area contributed by atoms with E-state index >= 15 is 0 Å². The standard InChI is InChI=1S/C9H5F6/c1-5-2-6(8(10,11)12)4-7(3-5)9(13,14)15/h2-4H,1H2/q-1. The van der Waals surface area contributed by atoms with Gasteiger partial charge in [0.1, 0.15) is 0 Å². The summed E-state index contributed by atoms with van der Waals surface area (Å²) in [5.74, 6) is 0. The summed E-state index contributed by atoms with van der Waals surface area (Å²) in [6.07, 6.45) is -9.60. The van der Waals surface area contributed by atoms with Gasteiger partial charge in [-0.3, -0.25) is 0 Å². The molecule has 0 aliphatic heterocycles. The fraction of sp³-hybridized carbons (Fsp3) is 0.222. The Morgan fingerprint density at radius 1 is 0.733 bits per heavy atom. The topological polar surface area (TPSA) is 0 Å². The van der Waals surface area contributed by atoms with Crippen LogP contribution in [0.5, 0.6) is 0 Å². The molecule has 0 fully saturated rings. The second-order valence-corrected chi connectivity index (χ2v) is 2.91. The summed E-state index contributed by atoms with van der Waals surface area (Å²) < 4.78 is 72.8. The van der Waals surface area contributed by atoms with E-state index in [0.717, 1.165) is 0 Å². The lowest BCUT2D eigenvalue weighted by Gasteiger charge is -2.17. The summed E-state index contributed by atoms with van der Waals surface area (Å²) in [6.45, 7) is 3.07. The molecule has 0 N–H and O–H groups in total. The van der Waals surface area contributed by atoms with Crippen LogP contribution in [-0.2, 0) is 12.4 Å². The van der Waals surface area contributed by atoms with Gasteiger partial charge in [0.2, 0.25) is 0 Å². The Labute approximate surface area is 81.5 Å². The fourth-order valence-corrected chi connectivity index (χ4v) is 1.02. The van der Waals surface area contributed by atoms with Gasteiger partial charge >= 0.3 is 12.4 Å². The highest BCUT2D eigenvalue weighted by Gasteiger charge is 2.33. The first-order valence-electron chi connectivity index (χ1n) is 3.72. The van der Waals surface area contributed by atoms with Crippen molar-refractivity contribution in [1.82, 2.24) is 0 Å². The minimum atomic E-state index is -4.80. The number of hydrogen-bond acceptors (Lipinski definition) is 0. The molecule has 6 heteroatoms. The van der Waals surface area contributed by atoms with Crippen LogP contribution in [0.15, 0.2) is 18.2 Å². The Hall–Kier alpha value is -1.33. The fourth-order valence-electron chi connectivity index (χ4n) is 1.02. The zero-order chi connectivity index (χ0) is 11.9. The van der Waals surface area contributed by atoms with Crippen molar-refractivity contribution in [2.75, 3.05) is 0 Å². The summed E-state index contributed by atoms with van der Waals surface area (Å²) in [7, 11) is 0. The summed E-state index contributed by atoms with van der Waals surface area (Å²) in [5, 5.41) is 0. The van der Waals surface area contributed by atoms with Crippen molar-refractivity contribution in [3.05, 3.63) is 41.8 Å². The van der Waals surface area contributed by atoms with Crippen LogP contribution in [0.4, 0.5) is 26.3 Å². The molecule has 0 nitrogen and oxygen atoms in total. The molecule has 0 aliphatic rings. The molecule has 1 aromatic rings. The van der Waals surface area contributed by atoms with Gasteiger partial charge in [0.15, 0.2) is 0 Å². The maximum Gasteiger partial charge on any atom is 0.405 e. The highest BCUT2D eigenvalue weighted by atomic mass is 19.4. The van der Waals surface area contributed by atoms with Crippen LogP contribution in [0, 0.1) is 6.92 Å². The van der Waals surface area contributed by atoms with Crippen molar-refractivity contribution >= 4 is 0 Å². The first kappa shape index (κ1) is 11.7. The number of hydrogen-bond donors (Lipinski definition) is 0. The zero-order valence-corrected chi connectivity index (χ0v) is 7.21. The lowest BCUT2D eigenvalue weighted by molar-refractivity contribution is -0.143. The first-order chi connectivity index (χ1) is 6.60. The number of benzene rings is 1. The molecule has 1 aromatic carbocycles. The lowest BCUT2D eigenvalue weighted by Crippen LogP contribution is -2.11. The number of halogens is 6. The summed E-state index contributed by atoms with van der Waals surface area (Å²) in [4.78, 5) is 0. The Morgan fingerprint density at radius 3 is 1.33 bits per heavy atom. The van der Waals surface area contributed by atoms with E-state index in [0.29, 0.717) is 12.1 Å². The third-order valence-corrected chi connectivity index (χ3v) is 1.65. The third kappa shape index (κ3) is 2.81. The first-order valence-corrected chi connectivity index (χ1v) is 3.72. The molecule has 84 valence electrons.